The first-order valence-corrected chi connectivity index (χ1v) is 8.99. The highest BCUT2D eigenvalue weighted by molar-refractivity contribution is 14.0. The van der Waals surface area contributed by atoms with E-state index in [0.29, 0.717) is 24.6 Å². The van der Waals surface area contributed by atoms with Crippen LogP contribution in [0.2, 0.25) is 0 Å². The molecule has 0 aliphatic rings. The molecule has 28 heavy (non-hydrogen) atoms. The second-order valence-corrected chi connectivity index (χ2v) is 7.00. The number of nitrogens with two attached hydrogens (primary N) is 1. The van der Waals surface area contributed by atoms with Crippen LogP contribution in [0.4, 0.5) is 4.39 Å². The van der Waals surface area contributed by atoms with Crippen molar-refractivity contribution < 1.29 is 9.18 Å². The fourth-order valence-electron chi connectivity index (χ4n) is 2.60. The van der Waals surface area contributed by atoms with Crippen molar-refractivity contribution in [2.75, 3.05) is 13.1 Å². The van der Waals surface area contributed by atoms with Gasteiger partial charge in [0.1, 0.15) is 5.82 Å². The summed E-state index contributed by atoms with van der Waals surface area (Å²) in [5.41, 5.74) is 7.36. The standard InChI is InChI=1S/C21H27FN4O.HI/c1-4-24-20(25-13-15-8-10-16(11-9-15)19(23)27)26-14-21(2,3)17-6-5-7-18(22)12-17;/h5-12H,4,13-14H2,1-3H3,(H2,23,27)(H2,24,25,26);1H. The zero-order chi connectivity index (χ0) is 19.9. The maximum absolute atomic E-state index is 13.5. The second kappa shape index (κ2) is 11.0. The largest absolute Gasteiger partial charge is 0.366 e. The number of carbonyl (C=O) groups is 1. The van der Waals surface area contributed by atoms with Crippen LogP contribution < -0.4 is 16.4 Å². The van der Waals surface area contributed by atoms with Crippen LogP contribution >= 0.6 is 24.0 Å². The first-order chi connectivity index (χ1) is 12.8. The van der Waals surface area contributed by atoms with E-state index in [1.807, 2.05) is 25.1 Å². The molecular weight excluding hydrogens is 470 g/mol. The van der Waals surface area contributed by atoms with Crippen LogP contribution in [0.15, 0.2) is 53.5 Å². The normalized spacial score (nSPS) is 11.5. The minimum atomic E-state index is -0.445. The minimum Gasteiger partial charge on any atom is -0.366 e. The molecule has 1 amide bonds. The highest BCUT2D eigenvalue weighted by atomic mass is 127. The maximum atomic E-state index is 13.5. The lowest BCUT2D eigenvalue weighted by Crippen LogP contribution is -2.43. The SMILES string of the molecule is CCNC(=NCc1ccc(C(N)=O)cc1)NCC(C)(C)c1cccc(F)c1.I. The van der Waals surface area contributed by atoms with Crippen LogP contribution in [-0.2, 0) is 12.0 Å². The molecule has 0 fully saturated rings. The van der Waals surface area contributed by atoms with Gasteiger partial charge in [-0.25, -0.2) is 9.38 Å². The molecule has 0 saturated heterocycles. The minimum absolute atomic E-state index is 0. The summed E-state index contributed by atoms with van der Waals surface area (Å²) >= 11 is 0. The fourth-order valence-corrected chi connectivity index (χ4v) is 2.60. The average molecular weight is 498 g/mol. The van der Waals surface area contributed by atoms with Crippen molar-refractivity contribution in [3.05, 3.63) is 71.0 Å². The van der Waals surface area contributed by atoms with Crippen LogP contribution in [0.25, 0.3) is 0 Å². The number of carbonyl (C=O) groups excluding carboxylic acids is 1. The Bertz CT molecular complexity index is 806. The molecule has 0 unspecified atom stereocenters. The Morgan fingerprint density at radius 2 is 1.82 bits per heavy atom. The van der Waals surface area contributed by atoms with Gasteiger partial charge in [0, 0.05) is 24.1 Å². The lowest BCUT2D eigenvalue weighted by Gasteiger charge is -2.27. The molecule has 0 aromatic heterocycles. The van der Waals surface area contributed by atoms with E-state index in [1.165, 1.54) is 6.07 Å². The second-order valence-electron chi connectivity index (χ2n) is 7.00. The Labute approximate surface area is 183 Å². The molecule has 0 bridgehead atoms. The number of amides is 1. The van der Waals surface area contributed by atoms with Crippen LogP contribution in [0, 0.1) is 5.82 Å². The maximum Gasteiger partial charge on any atom is 0.248 e. The van der Waals surface area contributed by atoms with Crippen LogP contribution in [-0.4, -0.2) is 25.0 Å². The van der Waals surface area contributed by atoms with Gasteiger partial charge in [-0.3, -0.25) is 4.79 Å². The quantitative estimate of drug-likeness (QED) is 0.310. The lowest BCUT2D eigenvalue weighted by atomic mass is 9.84. The van der Waals surface area contributed by atoms with E-state index in [4.69, 9.17) is 5.73 Å². The van der Waals surface area contributed by atoms with Gasteiger partial charge in [0.25, 0.3) is 0 Å². The Kier molecular flexibility index (Phi) is 9.37. The Morgan fingerprint density at radius 3 is 2.39 bits per heavy atom. The molecule has 4 N–H and O–H groups in total. The Hall–Kier alpha value is -2.16. The van der Waals surface area contributed by atoms with Gasteiger partial charge in [-0.2, -0.15) is 0 Å². The first-order valence-electron chi connectivity index (χ1n) is 8.99. The summed E-state index contributed by atoms with van der Waals surface area (Å²) in [6, 6.07) is 13.7. The van der Waals surface area contributed by atoms with Gasteiger partial charge in [-0.1, -0.05) is 38.1 Å². The van der Waals surface area contributed by atoms with Gasteiger partial charge in [0.15, 0.2) is 5.96 Å². The summed E-state index contributed by atoms with van der Waals surface area (Å²) in [6.45, 7) is 7.91. The summed E-state index contributed by atoms with van der Waals surface area (Å²) in [7, 11) is 0. The van der Waals surface area contributed by atoms with Crippen molar-refractivity contribution in [1.82, 2.24) is 10.6 Å². The average Bonchev–Trinajstić information content (AvgIpc) is 2.64. The van der Waals surface area contributed by atoms with Gasteiger partial charge in [-0.05, 0) is 42.3 Å². The van der Waals surface area contributed by atoms with Crippen molar-refractivity contribution in [3.8, 4) is 0 Å². The summed E-state index contributed by atoms with van der Waals surface area (Å²) < 4.78 is 13.5. The van der Waals surface area contributed by atoms with E-state index in [0.717, 1.165) is 17.7 Å². The van der Waals surface area contributed by atoms with Crippen LogP contribution in [0.3, 0.4) is 0 Å². The topological polar surface area (TPSA) is 79.5 Å². The zero-order valence-corrected chi connectivity index (χ0v) is 18.8. The van der Waals surface area contributed by atoms with Gasteiger partial charge >= 0.3 is 0 Å². The van der Waals surface area contributed by atoms with E-state index < -0.39 is 5.91 Å². The van der Waals surface area contributed by atoms with Gasteiger partial charge in [-0.15, -0.1) is 24.0 Å². The van der Waals surface area contributed by atoms with Crippen molar-refractivity contribution in [3.63, 3.8) is 0 Å². The van der Waals surface area contributed by atoms with Crippen molar-refractivity contribution in [2.45, 2.75) is 32.7 Å². The monoisotopic (exact) mass is 498 g/mol. The first kappa shape index (κ1) is 23.9. The molecule has 0 heterocycles. The summed E-state index contributed by atoms with van der Waals surface area (Å²) in [5.74, 6) is 0.00106. The molecule has 152 valence electrons. The zero-order valence-electron chi connectivity index (χ0n) is 16.5. The molecule has 0 spiro atoms. The number of aliphatic imine (C=N–C) groups is 1. The third kappa shape index (κ3) is 7.10. The number of primary amides is 1. The molecule has 5 nitrogen and oxygen atoms in total. The number of nitrogens with one attached hydrogen (secondary N) is 2. The summed E-state index contributed by atoms with van der Waals surface area (Å²) in [4.78, 5) is 15.7. The number of guanidine groups is 1. The van der Waals surface area contributed by atoms with E-state index >= 15 is 0 Å². The molecule has 0 radical (unpaired) electrons. The van der Waals surface area contributed by atoms with Crippen molar-refractivity contribution >= 4 is 35.8 Å². The summed E-state index contributed by atoms with van der Waals surface area (Å²) in [5, 5.41) is 6.53. The van der Waals surface area contributed by atoms with Crippen molar-refractivity contribution in [2.24, 2.45) is 10.7 Å². The van der Waals surface area contributed by atoms with Crippen LogP contribution in [0.5, 0.6) is 0 Å². The van der Waals surface area contributed by atoms with Gasteiger partial charge in [0.2, 0.25) is 5.91 Å². The number of hydrogen-bond donors (Lipinski definition) is 3. The Balaban J connectivity index is 0.00000392. The molecule has 0 aliphatic heterocycles. The highest BCUT2D eigenvalue weighted by Crippen LogP contribution is 2.22. The fraction of sp³-hybridized carbons (Fsp3) is 0.333. The lowest BCUT2D eigenvalue weighted by molar-refractivity contribution is 0.100. The molecular formula is C21H28FIN4O. The van der Waals surface area contributed by atoms with E-state index in [2.05, 4.69) is 29.5 Å². The predicted molar refractivity (Wildman–Crippen MR) is 123 cm³/mol. The number of hydrogen-bond acceptors (Lipinski definition) is 2. The number of benzene rings is 2. The van der Waals surface area contributed by atoms with E-state index in [1.54, 1.807) is 24.3 Å². The smallest absolute Gasteiger partial charge is 0.248 e. The van der Waals surface area contributed by atoms with Crippen molar-refractivity contribution in [1.29, 1.82) is 0 Å². The predicted octanol–water partition coefficient (Wildman–Crippen LogP) is 3.58. The van der Waals surface area contributed by atoms with Gasteiger partial charge < -0.3 is 16.4 Å². The number of halogens is 2. The molecule has 0 aliphatic carbocycles. The van der Waals surface area contributed by atoms with Crippen LogP contribution in [0.1, 0.15) is 42.3 Å². The number of rotatable bonds is 7. The third-order valence-corrected chi connectivity index (χ3v) is 4.31. The molecule has 2 aromatic rings. The molecule has 7 heteroatoms. The van der Waals surface area contributed by atoms with E-state index in [-0.39, 0.29) is 35.2 Å². The number of nitrogens with zero attached hydrogens (tertiary/aromatic N) is 1. The third-order valence-electron chi connectivity index (χ3n) is 4.31. The molecule has 0 saturated carbocycles. The van der Waals surface area contributed by atoms with E-state index in [9.17, 15) is 9.18 Å². The highest BCUT2D eigenvalue weighted by Gasteiger charge is 2.21. The molecule has 2 rings (SSSR count). The molecule has 2 aromatic carbocycles. The van der Waals surface area contributed by atoms with Gasteiger partial charge in [0.05, 0.1) is 6.54 Å². The molecule has 0 atom stereocenters. The summed E-state index contributed by atoms with van der Waals surface area (Å²) in [6.07, 6.45) is 0. The Morgan fingerprint density at radius 1 is 1.14 bits per heavy atom.